The first kappa shape index (κ1) is 23.2. The zero-order valence-corrected chi connectivity index (χ0v) is 19.5. The van der Waals surface area contributed by atoms with Crippen molar-refractivity contribution in [1.29, 1.82) is 0 Å². The molecule has 0 aromatic heterocycles. The van der Waals surface area contributed by atoms with Crippen LogP contribution >= 0.6 is 0 Å². The summed E-state index contributed by atoms with van der Waals surface area (Å²) in [6, 6.07) is 8.94. The molecular weight excluding hydrogens is 376 g/mol. The van der Waals surface area contributed by atoms with Gasteiger partial charge in [-0.2, -0.15) is 0 Å². The van der Waals surface area contributed by atoms with Crippen molar-refractivity contribution < 1.29 is 9.53 Å². The van der Waals surface area contributed by atoms with Crippen molar-refractivity contribution in [2.45, 2.75) is 52.4 Å². The lowest BCUT2D eigenvalue weighted by atomic mass is 10.1. The summed E-state index contributed by atoms with van der Waals surface area (Å²) in [7, 11) is 2.16. The van der Waals surface area contributed by atoms with Crippen molar-refractivity contribution >= 4 is 5.91 Å². The number of ether oxygens (including phenoxy) is 1. The summed E-state index contributed by atoms with van der Waals surface area (Å²) in [5.74, 6) is 0.151. The molecule has 6 heteroatoms. The average Bonchev–Trinajstić information content (AvgIpc) is 2.72. The summed E-state index contributed by atoms with van der Waals surface area (Å²) in [4.78, 5) is 22.4. The lowest BCUT2D eigenvalue weighted by molar-refractivity contribution is -0.0435. The van der Waals surface area contributed by atoms with Crippen molar-refractivity contribution in [3.63, 3.8) is 0 Å². The Balaban J connectivity index is 1.53. The largest absolute Gasteiger partial charge is 0.374 e. The summed E-state index contributed by atoms with van der Waals surface area (Å²) in [6.07, 6.45) is 0.277. The van der Waals surface area contributed by atoms with Crippen LogP contribution in [-0.4, -0.2) is 103 Å². The molecule has 2 atom stereocenters. The van der Waals surface area contributed by atoms with Crippen LogP contribution in [0.4, 0.5) is 0 Å². The van der Waals surface area contributed by atoms with Gasteiger partial charge in [-0.05, 0) is 52.1 Å². The molecule has 1 amide bonds. The third-order valence-corrected chi connectivity index (χ3v) is 6.50. The van der Waals surface area contributed by atoms with Crippen LogP contribution in [0.5, 0.6) is 0 Å². The van der Waals surface area contributed by atoms with Gasteiger partial charge in [-0.3, -0.25) is 14.6 Å². The Bertz CT molecular complexity index is 678. The number of rotatable bonds is 7. The van der Waals surface area contributed by atoms with Gasteiger partial charge in [-0.1, -0.05) is 19.1 Å². The second-order valence-electron chi connectivity index (χ2n) is 9.22. The fourth-order valence-corrected chi connectivity index (χ4v) is 4.58. The molecule has 0 spiro atoms. The van der Waals surface area contributed by atoms with Crippen LogP contribution in [0.3, 0.4) is 0 Å². The highest BCUT2D eigenvalue weighted by Gasteiger charge is 2.30. The van der Waals surface area contributed by atoms with Gasteiger partial charge in [0.15, 0.2) is 0 Å². The van der Waals surface area contributed by atoms with E-state index in [1.807, 2.05) is 17.0 Å². The Labute approximate surface area is 182 Å². The van der Waals surface area contributed by atoms with E-state index in [1.165, 1.54) is 5.56 Å². The third kappa shape index (κ3) is 6.03. The Hall–Kier alpha value is -1.47. The first-order valence-corrected chi connectivity index (χ1v) is 11.5. The van der Waals surface area contributed by atoms with E-state index < -0.39 is 0 Å². The van der Waals surface area contributed by atoms with Crippen LogP contribution in [0.15, 0.2) is 24.3 Å². The van der Waals surface area contributed by atoms with E-state index in [1.54, 1.807) is 0 Å². The molecule has 2 unspecified atom stereocenters. The molecule has 0 N–H and O–H groups in total. The predicted molar refractivity (Wildman–Crippen MR) is 122 cm³/mol. The van der Waals surface area contributed by atoms with Gasteiger partial charge in [0.1, 0.15) is 0 Å². The van der Waals surface area contributed by atoms with Crippen LogP contribution in [0.25, 0.3) is 0 Å². The van der Waals surface area contributed by atoms with E-state index >= 15 is 0 Å². The quantitative estimate of drug-likeness (QED) is 0.683. The van der Waals surface area contributed by atoms with E-state index in [4.69, 9.17) is 4.74 Å². The van der Waals surface area contributed by atoms with Crippen molar-refractivity contribution in [1.82, 2.24) is 19.6 Å². The lowest BCUT2D eigenvalue weighted by Gasteiger charge is -2.42. The normalized spacial score (nSPS) is 24.0. The molecule has 2 saturated heterocycles. The molecule has 0 radical (unpaired) electrons. The number of nitrogens with zero attached hydrogens (tertiary/aromatic N) is 4. The molecule has 1 aromatic rings. The zero-order valence-electron chi connectivity index (χ0n) is 19.5. The molecule has 2 fully saturated rings. The van der Waals surface area contributed by atoms with Gasteiger partial charge in [0, 0.05) is 63.5 Å². The Morgan fingerprint density at radius 1 is 1.17 bits per heavy atom. The average molecular weight is 417 g/mol. The SMILES string of the molecule is CCN(Cc1ccc(C(=O)N2CCN(CC3CN(C)CCO3)CC2C)cc1)C(C)C. The van der Waals surface area contributed by atoms with Crippen molar-refractivity contribution in [2.75, 3.05) is 59.5 Å². The molecule has 0 aliphatic carbocycles. The molecule has 30 heavy (non-hydrogen) atoms. The molecule has 1 aromatic carbocycles. The first-order valence-electron chi connectivity index (χ1n) is 11.5. The van der Waals surface area contributed by atoms with E-state index in [0.29, 0.717) is 6.04 Å². The smallest absolute Gasteiger partial charge is 0.254 e. The molecule has 0 bridgehead atoms. The van der Waals surface area contributed by atoms with E-state index in [9.17, 15) is 4.79 Å². The van der Waals surface area contributed by atoms with Gasteiger partial charge in [-0.15, -0.1) is 0 Å². The van der Waals surface area contributed by atoms with Gasteiger partial charge in [0.25, 0.3) is 5.91 Å². The van der Waals surface area contributed by atoms with Gasteiger partial charge >= 0.3 is 0 Å². The van der Waals surface area contributed by atoms with Gasteiger partial charge < -0.3 is 14.5 Å². The summed E-state index contributed by atoms with van der Waals surface area (Å²) in [5, 5.41) is 0. The topological polar surface area (TPSA) is 39.3 Å². The summed E-state index contributed by atoms with van der Waals surface area (Å²) in [6.45, 7) is 17.1. The Kier molecular flexibility index (Phi) is 8.28. The molecular formula is C24H40N4O2. The van der Waals surface area contributed by atoms with Crippen molar-refractivity contribution in [3.8, 4) is 0 Å². The van der Waals surface area contributed by atoms with E-state index in [0.717, 1.165) is 64.5 Å². The minimum absolute atomic E-state index is 0.151. The fourth-order valence-electron chi connectivity index (χ4n) is 4.58. The Morgan fingerprint density at radius 2 is 1.90 bits per heavy atom. The van der Waals surface area contributed by atoms with Crippen LogP contribution in [0.2, 0.25) is 0 Å². The van der Waals surface area contributed by atoms with Gasteiger partial charge in [0.2, 0.25) is 0 Å². The number of benzene rings is 1. The molecule has 3 rings (SSSR count). The second-order valence-corrected chi connectivity index (χ2v) is 9.22. The van der Waals surface area contributed by atoms with Crippen LogP contribution < -0.4 is 0 Å². The zero-order chi connectivity index (χ0) is 21.7. The highest BCUT2D eigenvalue weighted by atomic mass is 16.5. The Morgan fingerprint density at radius 3 is 2.50 bits per heavy atom. The maximum absolute atomic E-state index is 13.1. The molecule has 2 aliphatic rings. The highest BCUT2D eigenvalue weighted by Crippen LogP contribution is 2.17. The first-order chi connectivity index (χ1) is 14.4. The van der Waals surface area contributed by atoms with Crippen LogP contribution in [0, 0.1) is 0 Å². The number of carbonyl (C=O) groups excluding carboxylic acids is 1. The minimum atomic E-state index is 0.151. The predicted octanol–water partition coefficient (Wildman–Crippen LogP) is 2.39. The number of hydrogen-bond donors (Lipinski definition) is 0. The molecule has 2 heterocycles. The third-order valence-electron chi connectivity index (χ3n) is 6.50. The minimum Gasteiger partial charge on any atom is -0.374 e. The van der Waals surface area contributed by atoms with Gasteiger partial charge in [0.05, 0.1) is 12.7 Å². The monoisotopic (exact) mass is 416 g/mol. The van der Waals surface area contributed by atoms with E-state index in [-0.39, 0.29) is 18.1 Å². The fraction of sp³-hybridized carbons (Fsp3) is 0.708. The van der Waals surface area contributed by atoms with Gasteiger partial charge in [-0.25, -0.2) is 0 Å². The number of morpholine rings is 1. The number of piperazine rings is 1. The molecule has 0 saturated carbocycles. The number of amides is 1. The maximum atomic E-state index is 13.1. The number of hydrogen-bond acceptors (Lipinski definition) is 5. The summed E-state index contributed by atoms with van der Waals surface area (Å²) >= 11 is 0. The van der Waals surface area contributed by atoms with Crippen LogP contribution in [-0.2, 0) is 11.3 Å². The van der Waals surface area contributed by atoms with Crippen molar-refractivity contribution in [2.24, 2.45) is 0 Å². The molecule has 2 aliphatic heterocycles. The standard InChI is InChI=1S/C24H40N4O2/c1-6-27(19(2)3)16-21-7-9-22(10-8-21)24(29)28-12-11-26(15-20(28)4)18-23-17-25(5)13-14-30-23/h7-10,19-20,23H,6,11-18H2,1-5H3. The summed E-state index contributed by atoms with van der Waals surface area (Å²) < 4.78 is 5.92. The van der Waals surface area contributed by atoms with E-state index in [2.05, 4.69) is 61.6 Å². The van der Waals surface area contributed by atoms with Crippen LogP contribution in [0.1, 0.15) is 43.6 Å². The second kappa shape index (κ2) is 10.7. The number of carbonyl (C=O) groups is 1. The maximum Gasteiger partial charge on any atom is 0.254 e. The lowest BCUT2D eigenvalue weighted by Crippen LogP contribution is -2.56. The molecule has 6 nitrogen and oxygen atoms in total. The number of likely N-dealkylation sites (N-methyl/N-ethyl adjacent to an activating group) is 1. The highest BCUT2D eigenvalue weighted by molar-refractivity contribution is 5.94. The summed E-state index contributed by atoms with van der Waals surface area (Å²) in [5.41, 5.74) is 2.06. The van der Waals surface area contributed by atoms with Crippen molar-refractivity contribution in [3.05, 3.63) is 35.4 Å². The molecule has 168 valence electrons.